The van der Waals surface area contributed by atoms with Gasteiger partial charge in [0.1, 0.15) is 0 Å². The Labute approximate surface area is 126 Å². The van der Waals surface area contributed by atoms with Gasteiger partial charge < -0.3 is 14.8 Å². The van der Waals surface area contributed by atoms with Crippen LogP contribution in [0.25, 0.3) is 0 Å². The molecule has 1 atom stereocenters. The van der Waals surface area contributed by atoms with Crippen LogP contribution in [0.1, 0.15) is 38.4 Å². The highest BCUT2D eigenvalue weighted by atomic mass is 35.5. The fourth-order valence-corrected chi connectivity index (χ4v) is 2.29. The molecule has 0 heterocycles. The Morgan fingerprint density at radius 2 is 1.90 bits per heavy atom. The second kappa shape index (κ2) is 7.99. The van der Waals surface area contributed by atoms with Crippen molar-refractivity contribution in [3.63, 3.8) is 0 Å². The predicted molar refractivity (Wildman–Crippen MR) is 82.3 cm³/mol. The smallest absolute Gasteiger partial charge is 0.0964 e. The van der Waals surface area contributed by atoms with E-state index in [-0.39, 0.29) is 12.2 Å². The first-order valence-electron chi connectivity index (χ1n) is 7.38. The Bertz CT molecular complexity index is 407. The quantitative estimate of drug-likeness (QED) is 0.707. The lowest BCUT2D eigenvalue weighted by Crippen LogP contribution is -2.26. The Morgan fingerprint density at radius 1 is 1.20 bits per heavy atom. The maximum Gasteiger partial charge on any atom is 0.0964 e. The average Bonchev–Trinajstić information content (AvgIpc) is 3.23. The molecule has 1 aromatic rings. The van der Waals surface area contributed by atoms with E-state index >= 15 is 0 Å². The summed E-state index contributed by atoms with van der Waals surface area (Å²) in [4.78, 5) is 0. The van der Waals surface area contributed by atoms with Crippen LogP contribution < -0.4 is 5.32 Å². The molecular weight excluding hydrogens is 274 g/mol. The van der Waals surface area contributed by atoms with Crippen molar-refractivity contribution in [3.8, 4) is 0 Å². The van der Waals surface area contributed by atoms with Gasteiger partial charge in [0, 0.05) is 23.2 Å². The summed E-state index contributed by atoms with van der Waals surface area (Å²) < 4.78 is 11.5. The topological polar surface area (TPSA) is 30.5 Å². The molecule has 0 aliphatic heterocycles. The zero-order valence-electron chi connectivity index (χ0n) is 12.3. The number of nitrogens with one attached hydrogen (secondary N) is 1. The summed E-state index contributed by atoms with van der Waals surface area (Å²) in [5.41, 5.74) is 1.05. The van der Waals surface area contributed by atoms with Crippen molar-refractivity contribution in [2.45, 2.75) is 44.9 Å². The van der Waals surface area contributed by atoms with E-state index in [1.165, 1.54) is 12.8 Å². The van der Waals surface area contributed by atoms with Crippen LogP contribution in [-0.2, 0) is 9.47 Å². The second-order valence-electron chi connectivity index (χ2n) is 5.48. The summed E-state index contributed by atoms with van der Waals surface area (Å²) in [5.74, 6) is 0. The molecule has 0 amide bonds. The fourth-order valence-electron chi connectivity index (χ4n) is 2.03. The number of benzene rings is 1. The van der Waals surface area contributed by atoms with E-state index in [1.807, 2.05) is 38.1 Å². The molecule has 0 saturated heterocycles. The van der Waals surface area contributed by atoms with Crippen molar-refractivity contribution >= 4 is 11.6 Å². The highest BCUT2D eigenvalue weighted by molar-refractivity contribution is 6.31. The van der Waals surface area contributed by atoms with Crippen LogP contribution in [0.5, 0.6) is 0 Å². The lowest BCUT2D eigenvalue weighted by Gasteiger charge is -2.20. The van der Waals surface area contributed by atoms with Gasteiger partial charge in [-0.15, -0.1) is 0 Å². The average molecular weight is 298 g/mol. The Hall–Kier alpha value is -0.610. The number of halogens is 1. The van der Waals surface area contributed by atoms with Crippen LogP contribution in [-0.4, -0.2) is 31.9 Å². The largest absolute Gasteiger partial charge is 0.376 e. The molecule has 20 heavy (non-hydrogen) atoms. The monoisotopic (exact) mass is 297 g/mol. The number of ether oxygens (including phenoxy) is 2. The van der Waals surface area contributed by atoms with Crippen LogP contribution in [0.3, 0.4) is 0 Å². The first-order valence-corrected chi connectivity index (χ1v) is 7.75. The van der Waals surface area contributed by atoms with Crippen molar-refractivity contribution in [3.05, 3.63) is 34.9 Å². The maximum absolute atomic E-state index is 6.27. The highest BCUT2D eigenvalue weighted by Gasteiger charge is 2.23. The molecule has 1 unspecified atom stereocenters. The second-order valence-corrected chi connectivity index (χ2v) is 5.89. The molecule has 0 aromatic heterocycles. The van der Waals surface area contributed by atoms with E-state index in [9.17, 15) is 0 Å². The summed E-state index contributed by atoms with van der Waals surface area (Å²) in [5, 5.41) is 4.27. The minimum Gasteiger partial charge on any atom is -0.376 e. The third-order valence-corrected chi connectivity index (χ3v) is 3.62. The molecule has 1 aliphatic carbocycles. The molecule has 2 rings (SSSR count). The summed E-state index contributed by atoms with van der Waals surface area (Å²) in [6.45, 7) is 6.05. The maximum atomic E-state index is 6.27. The van der Waals surface area contributed by atoms with E-state index in [4.69, 9.17) is 21.1 Å². The molecule has 0 bridgehead atoms. The third-order valence-electron chi connectivity index (χ3n) is 3.27. The number of rotatable bonds is 9. The van der Waals surface area contributed by atoms with Crippen molar-refractivity contribution in [1.82, 2.24) is 5.32 Å². The Morgan fingerprint density at radius 3 is 2.55 bits per heavy atom. The predicted octanol–water partition coefficient (Wildman–Crippen LogP) is 3.57. The van der Waals surface area contributed by atoms with Gasteiger partial charge in [-0.25, -0.2) is 0 Å². The SMILES string of the molecule is CC(C)OCCOC(CNC1CC1)c1ccccc1Cl. The van der Waals surface area contributed by atoms with Crippen molar-refractivity contribution in [2.24, 2.45) is 0 Å². The van der Waals surface area contributed by atoms with Crippen LogP contribution in [0.15, 0.2) is 24.3 Å². The Kier molecular flexibility index (Phi) is 6.30. The molecule has 112 valence electrons. The van der Waals surface area contributed by atoms with Gasteiger partial charge >= 0.3 is 0 Å². The molecule has 0 radical (unpaired) electrons. The zero-order chi connectivity index (χ0) is 14.4. The molecule has 1 aliphatic rings. The van der Waals surface area contributed by atoms with Crippen LogP contribution in [0.4, 0.5) is 0 Å². The van der Waals surface area contributed by atoms with Gasteiger partial charge in [0.15, 0.2) is 0 Å². The minimum absolute atomic E-state index is 0.0138. The van der Waals surface area contributed by atoms with Crippen LogP contribution >= 0.6 is 11.6 Å². The van der Waals surface area contributed by atoms with Crippen molar-refractivity contribution in [1.29, 1.82) is 0 Å². The van der Waals surface area contributed by atoms with Gasteiger partial charge in [-0.1, -0.05) is 29.8 Å². The van der Waals surface area contributed by atoms with Gasteiger partial charge in [-0.3, -0.25) is 0 Å². The zero-order valence-corrected chi connectivity index (χ0v) is 13.0. The van der Waals surface area contributed by atoms with Crippen LogP contribution in [0, 0.1) is 0 Å². The summed E-state index contributed by atoms with van der Waals surface area (Å²) in [7, 11) is 0. The van der Waals surface area contributed by atoms with Gasteiger partial charge in [-0.2, -0.15) is 0 Å². The molecule has 0 spiro atoms. The minimum atomic E-state index is -0.0138. The lowest BCUT2D eigenvalue weighted by atomic mass is 10.1. The molecule has 4 heteroatoms. The van der Waals surface area contributed by atoms with Gasteiger partial charge in [0.25, 0.3) is 0 Å². The van der Waals surface area contributed by atoms with Gasteiger partial charge in [0.05, 0.1) is 25.4 Å². The van der Waals surface area contributed by atoms with Gasteiger partial charge in [-0.05, 0) is 32.8 Å². The molecule has 1 saturated carbocycles. The van der Waals surface area contributed by atoms with E-state index < -0.39 is 0 Å². The van der Waals surface area contributed by atoms with E-state index in [0.717, 1.165) is 17.1 Å². The van der Waals surface area contributed by atoms with Crippen molar-refractivity contribution < 1.29 is 9.47 Å². The summed E-state index contributed by atoms with van der Waals surface area (Å²) >= 11 is 6.27. The van der Waals surface area contributed by atoms with Crippen LogP contribution in [0.2, 0.25) is 5.02 Å². The highest BCUT2D eigenvalue weighted by Crippen LogP contribution is 2.26. The molecule has 1 aromatic carbocycles. The fraction of sp³-hybridized carbons (Fsp3) is 0.625. The van der Waals surface area contributed by atoms with Crippen molar-refractivity contribution in [2.75, 3.05) is 19.8 Å². The summed E-state index contributed by atoms with van der Waals surface area (Å²) in [6, 6.07) is 8.55. The molecule has 1 fully saturated rings. The van der Waals surface area contributed by atoms with E-state index in [2.05, 4.69) is 5.32 Å². The first-order chi connectivity index (χ1) is 9.66. The molecule has 3 nitrogen and oxygen atoms in total. The normalized spacial score (nSPS) is 16.6. The molecular formula is C16H24ClNO2. The van der Waals surface area contributed by atoms with E-state index in [1.54, 1.807) is 0 Å². The Balaban J connectivity index is 1.87. The number of hydrogen-bond donors (Lipinski definition) is 1. The van der Waals surface area contributed by atoms with E-state index in [0.29, 0.717) is 19.3 Å². The standard InChI is InChI=1S/C16H24ClNO2/c1-12(2)19-9-10-20-16(11-18-13-7-8-13)14-5-3-4-6-15(14)17/h3-6,12-13,16,18H,7-11H2,1-2H3. The van der Waals surface area contributed by atoms with Gasteiger partial charge in [0.2, 0.25) is 0 Å². The first kappa shape index (κ1) is 15.8. The third kappa shape index (κ3) is 5.41. The lowest BCUT2D eigenvalue weighted by molar-refractivity contribution is -0.0131. The summed E-state index contributed by atoms with van der Waals surface area (Å²) in [6.07, 6.45) is 2.76. The molecule has 1 N–H and O–H groups in total. The number of hydrogen-bond acceptors (Lipinski definition) is 3.